The third-order valence-corrected chi connectivity index (χ3v) is 3.51. The van der Waals surface area contributed by atoms with E-state index in [4.69, 9.17) is 10.8 Å². The molecular weight excluding hydrogens is 244 g/mol. The molecule has 1 amide bonds. The summed E-state index contributed by atoms with van der Waals surface area (Å²) in [5.41, 5.74) is 6.71. The second-order valence-corrected chi connectivity index (χ2v) is 4.85. The van der Waals surface area contributed by atoms with Gasteiger partial charge in [0.15, 0.2) is 0 Å². The monoisotopic (exact) mass is 262 g/mol. The van der Waals surface area contributed by atoms with Crippen molar-refractivity contribution in [1.82, 2.24) is 4.90 Å². The maximum Gasteiger partial charge on any atom is 0.308 e. The Hall–Kier alpha value is -1.88. The summed E-state index contributed by atoms with van der Waals surface area (Å²) in [6, 6.07) is 8.43. The Kier molecular flexibility index (Phi) is 4.16. The lowest BCUT2D eigenvalue weighted by atomic mass is 9.97. The Morgan fingerprint density at radius 2 is 2.00 bits per heavy atom. The van der Waals surface area contributed by atoms with E-state index in [2.05, 4.69) is 0 Å². The minimum atomic E-state index is -0.842. The molecule has 102 valence electrons. The SMILES string of the molecule is NC(C(=O)N1CCC[C@H](C(=O)O)C1)c1ccccc1. The average Bonchev–Trinajstić information content (AvgIpc) is 2.46. The van der Waals surface area contributed by atoms with Crippen molar-refractivity contribution in [2.75, 3.05) is 13.1 Å². The Morgan fingerprint density at radius 1 is 1.32 bits per heavy atom. The summed E-state index contributed by atoms with van der Waals surface area (Å²) in [6.07, 6.45) is 1.34. The largest absolute Gasteiger partial charge is 0.481 e. The van der Waals surface area contributed by atoms with Crippen molar-refractivity contribution >= 4 is 11.9 Å². The maximum absolute atomic E-state index is 12.3. The number of rotatable bonds is 3. The number of likely N-dealkylation sites (tertiary alicyclic amines) is 1. The topological polar surface area (TPSA) is 83.6 Å². The lowest BCUT2D eigenvalue weighted by Crippen LogP contribution is -2.46. The molecule has 1 unspecified atom stereocenters. The first kappa shape index (κ1) is 13.5. The van der Waals surface area contributed by atoms with Crippen molar-refractivity contribution in [3.05, 3.63) is 35.9 Å². The molecule has 0 aliphatic carbocycles. The summed E-state index contributed by atoms with van der Waals surface area (Å²) in [6.45, 7) is 0.845. The fourth-order valence-electron chi connectivity index (χ4n) is 2.38. The van der Waals surface area contributed by atoms with E-state index >= 15 is 0 Å². The van der Waals surface area contributed by atoms with Gasteiger partial charge in [0.25, 0.3) is 0 Å². The number of carboxylic acids is 1. The highest BCUT2D eigenvalue weighted by Gasteiger charge is 2.30. The molecule has 0 bridgehead atoms. The van der Waals surface area contributed by atoms with E-state index < -0.39 is 17.9 Å². The first-order valence-corrected chi connectivity index (χ1v) is 6.41. The van der Waals surface area contributed by atoms with Gasteiger partial charge >= 0.3 is 5.97 Å². The minimum Gasteiger partial charge on any atom is -0.481 e. The quantitative estimate of drug-likeness (QED) is 0.851. The number of carbonyl (C=O) groups is 2. The predicted octanol–water partition coefficient (Wildman–Crippen LogP) is 1.01. The Labute approximate surface area is 112 Å². The second-order valence-electron chi connectivity index (χ2n) is 4.85. The van der Waals surface area contributed by atoms with Gasteiger partial charge in [-0.3, -0.25) is 9.59 Å². The van der Waals surface area contributed by atoms with Crippen molar-refractivity contribution in [1.29, 1.82) is 0 Å². The van der Waals surface area contributed by atoms with Crippen LogP contribution in [0.5, 0.6) is 0 Å². The van der Waals surface area contributed by atoms with Crippen molar-refractivity contribution < 1.29 is 14.7 Å². The molecule has 1 aliphatic rings. The number of nitrogens with two attached hydrogens (primary N) is 1. The third-order valence-electron chi connectivity index (χ3n) is 3.51. The van der Waals surface area contributed by atoms with Gasteiger partial charge in [0.1, 0.15) is 6.04 Å². The average molecular weight is 262 g/mol. The van der Waals surface area contributed by atoms with Crippen LogP contribution >= 0.6 is 0 Å². The normalized spacial score (nSPS) is 20.9. The van der Waals surface area contributed by atoms with E-state index in [0.29, 0.717) is 19.4 Å². The van der Waals surface area contributed by atoms with Crippen LogP contribution in [0, 0.1) is 5.92 Å². The van der Waals surface area contributed by atoms with Crippen LogP contribution in [0.2, 0.25) is 0 Å². The van der Waals surface area contributed by atoms with Gasteiger partial charge < -0.3 is 15.7 Å². The summed E-state index contributed by atoms with van der Waals surface area (Å²) in [4.78, 5) is 24.8. The van der Waals surface area contributed by atoms with E-state index in [1.54, 1.807) is 17.0 Å². The maximum atomic E-state index is 12.3. The minimum absolute atomic E-state index is 0.197. The summed E-state index contributed by atoms with van der Waals surface area (Å²) < 4.78 is 0. The fraction of sp³-hybridized carbons (Fsp3) is 0.429. The fourth-order valence-corrected chi connectivity index (χ4v) is 2.38. The highest BCUT2D eigenvalue weighted by molar-refractivity contribution is 5.84. The van der Waals surface area contributed by atoms with Gasteiger partial charge in [-0.15, -0.1) is 0 Å². The number of nitrogens with zero attached hydrogens (tertiary/aromatic N) is 1. The highest BCUT2D eigenvalue weighted by Crippen LogP contribution is 2.20. The number of hydrogen-bond donors (Lipinski definition) is 2. The van der Waals surface area contributed by atoms with Crippen molar-refractivity contribution in [3.8, 4) is 0 Å². The standard InChI is InChI=1S/C14H18N2O3/c15-12(10-5-2-1-3-6-10)13(17)16-8-4-7-11(9-16)14(18)19/h1-3,5-6,11-12H,4,7-9,15H2,(H,18,19)/t11-,12?/m0/s1. The smallest absolute Gasteiger partial charge is 0.308 e. The molecule has 19 heavy (non-hydrogen) atoms. The van der Waals surface area contributed by atoms with Crippen molar-refractivity contribution in [3.63, 3.8) is 0 Å². The summed E-state index contributed by atoms with van der Waals surface area (Å²) in [7, 11) is 0. The number of hydrogen-bond acceptors (Lipinski definition) is 3. The molecule has 0 saturated carbocycles. The highest BCUT2D eigenvalue weighted by atomic mass is 16.4. The third kappa shape index (κ3) is 3.12. The summed E-state index contributed by atoms with van der Waals surface area (Å²) in [5, 5.41) is 9.02. The van der Waals surface area contributed by atoms with Crippen LogP contribution in [0.4, 0.5) is 0 Å². The number of piperidine rings is 1. The number of amides is 1. The Balaban J connectivity index is 2.05. The second kappa shape index (κ2) is 5.84. The van der Waals surface area contributed by atoms with Crippen LogP contribution < -0.4 is 5.73 Å². The molecule has 1 fully saturated rings. The molecular formula is C14H18N2O3. The molecule has 1 saturated heterocycles. The van der Waals surface area contributed by atoms with Gasteiger partial charge in [-0.05, 0) is 18.4 Å². The van der Waals surface area contributed by atoms with Crippen LogP contribution in [-0.2, 0) is 9.59 Å². The zero-order valence-corrected chi connectivity index (χ0v) is 10.7. The van der Waals surface area contributed by atoms with E-state index in [-0.39, 0.29) is 12.5 Å². The lowest BCUT2D eigenvalue weighted by Gasteiger charge is -2.32. The number of carboxylic acid groups (broad SMARTS) is 1. The molecule has 2 rings (SSSR count). The van der Waals surface area contributed by atoms with Crippen molar-refractivity contribution in [2.24, 2.45) is 11.7 Å². The van der Waals surface area contributed by atoms with Gasteiger partial charge in [0, 0.05) is 13.1 Å². The van der Waals surface area contributed by atoms with Gasteiger partial charge in [0.05, 0.1) is 5.92 Å². The molecule has 2 atom stereocenters. The molecule has 0 spiro atoms. The Bertz CT molecular complexity index is 461. The predicted molar refractivity (Wildman–Crippen MR) is 70.3 cm³/mol. The number of aliphatic carboxylic acids is 1. The molecule has 1 aromatic rings. The zero-order chi connectivity index (χ0) is 13.8. The molecule has 5 heteroatoms. The van der Waals surface area contributed by atoms with E-state index in [9.17, 15) is 9.59 Å². The summed E-state index contributed by atoms with van der Waals surface area (Å²) >= 11 is 0. The molecule has 3 N–H and O–H groups in total. The van der Waals surface area contributed by atoms with Crippen LogP contribution in [0.25, 0.3) is 0 Å². The first-order chi connectivity index (χ1) is 9.09. The molecule has 1 aromatic carbocycles. The van der Waals surface area contributed by atoms with Gasteiger partial charge in [0.2, 0.25) is 5.91 Å². The Morgan fingerprint density at radius 3 is 2.63 bits per heavy atom. The number of carbonyl (C=O) groups excluding carboxylic acids is 1. The van der Waals surface area contributed by atoms with Crippen LogP contribution in [0.3, 0.4) is 0 Å². The van der Waals surface area contributed by atoms with E-state index in [0.717, 1.165) is 5.56 Å². The van der Waals surface area contributed by atoms with E-state index in [1.807, 2.05) is 18.2 Å². The van der Waals surface area contributed by atoms with Crippen LogP contribution in [0.15, 0.2) is 30.3 Å². The lowest BCUT2D eigenvalue weighted by molar-refractivity contribution is -0.146. The molecule has 5 nitrogen and oxygen atoms in total. The van der Waals surface area contributed by atoms with Crippen LogP contribution in [0.1, 0.15) is 24.4 Å². The molecule has 0 aromatic heterocycles. The van der Waals surface area contributed by atoms with Gasteiger partial charge in [-0.2, -0.15) is 0 Å². The van der Waals surface area contributed by atoms with Gasteiger partial charge in [-0.1, -0.05) is 30.3 Å². The van der Waals surface area contributed by atoms with Crippen LogP contribution in [-0.4, -0.2) is 35.0 Å². The van der Waals surface area contributed by atoms with Gasteiger partial charge in [-0.25, -0.2) is 0 Å². The molecule has 1 aliphatic heterocycles. The molecule has 0 radical (unpaired) electrons. The zero-order valence-electron chi connectivity index (χ0n) is 10.7. The molecule has 1 heterocycles. The number of benzene rings is 1. The first-order valence-electron chi connectivity index (χ1n) is 6.41. The van der Waals surface area contributed by atoms with E-state index in [1.165, 1.54) is 0 Å². The van der Waals surface area contributed by atoms with Crippen molar-refractivity contribution in [2.45, 2.75) is 18.9 Å². The summed E-state index contributed by atoms with van der Waals surface area (Å²) in [5.74, 6) is -1.51.